The Kier molecular flexibility index (Phi) is 7.30. The van der Waals surface area contributed by atoms with Gasteiger partial charge >= 0.3 is 0 Å². The molecule has 1 aliphatic carbocycles. The Balaban J connectivity index is 1.59. The molecular formula is C29H35FN4. The molecule has 34 heavy (non-hydrogen) atoms. The van der Waals surface area contributed by atoms with Gasteiger partial charge in [0, 0.05) is 44.0 Å². The lowest BCUT2D eigenvalue weighted by Crippen LogP contribution is -2.49. The molecule has 1 unspecified atom stereocenters. The molecule has 2 aromatic carbocycles. The van der Waals surface area contributed by atoms with Crippen LogP contribution in [0.1, 0.15) is 43.2 Å². The zero-order chi connectivity index (χ0) is 24.2. The van der Waals surface area contributed by atoms with E-state index in [-0.39, 0.29) is 0 Å². The van der Waals surface area contributed by atoms with E-state index in [1.807, 2.05) is 4.90 Å². The van der Waals surface area contributed by atoms with Crippen LogP contribution in [-0.4, -0.2) is 55.1 Å². The van der Waals surface area contributed by atoms with Gasteiger partial charge in [0.2, 0.25) is 0 Å². The largest absolute Gasteiger partial charge is 0.366 e. The summed E-state index contributed by atoms with van der Waals surface area (Å²) >= 11 is 0. The molecule has 4 nitrogen and oxygen atoms in total. The summed E-state index contributed by atoms with van der Waals surface area (Å²) in [6.07, 6.45) is 2.85. The second-order valence-corrected chi connectivity index (χ2v) is 9.17. The van der Waals surface area contributed by atoms with E-state index in [2.05, 4.69) is 80.0 Å². The molecule has 1 heterocycles. The summed E-state index contributed by atoms with van der Waals surface area (Å²) in [5, 5.41) is 2.67. The van der Waals surface area contributed by atoms with Gasteiger partial charge in [-0.1, -0.05) is 49.6 Å². The van der Waals surface area contributed by atoms with Crippen LogP contribution in [0.15, 0.2) is 82.3 Å². The number of piperazine rings is 1. The van der Waals surface area contributed by atoms with E-state index in [4.69, 9.17) is 4.99 Å². The average molecular weight is 459 g/mol. The number of hydrogen-bond acceptors (Lipinski definition) is 3. The maximum absolute atomic E-state index is 13.5. The van der Waals surface area contributed by atoms with Crippen LogP contribution in [0.2, 0.25) is 0 Å². The van der Waals surface area contributed by atoms with Gasteiger partial charge in [0.05, 0.1) is 5.70 Å². The standard InChI is InChI=1S/C29H35FN4/c1-6-32-29(34-17-15-33(16-18-34)22(4)21(3)30)26-14-13-24(19-27(26)31-5)25-12-8-11-23-10-7-9-20(2)28(23)25/h7-12,24H,3-6,13-19H2,1-2H3. The molecule has 0 aromatic heterocycles. The second kappa shape index (κ2) is 10.4. The Morgan fingerprint density at radius 1 is 1.06 bits per heavy atom. The SMILES string of the molecule is C=NC1=C(C(=NCC)N2CCN(C(=C)C(=C)F)CC2)CCC(c2cccc3cccc(C)c23)C1. The summed E-state index contributed by atoms with van der Waals surface area (Å²) in [7, 11) is 0. The number of allylic oxidation sites excluding steroid dienone is 2. The van der Waals surface area contributed by atoms with Crippen LogP contribution in [0.25, 0.3) is 10.8 Å². The molecule has 2 aromatic rings. The number of halogens is 1. The van der Waals surface area contributed by atoms with Crippen LogP contribution in [0, 0.1) is 6.92 Å². The highest BCUT2D eigenvalue weighted by atomic mass is 19.1. The Bertz CT molecular complexity index is 1160. The Labute approximate surface area is 202 Å². The maximum atomic E-state index is 13.5. The molecule has 0 spiro atoms. The fraction of sp³-hybridized carbons (Fsp3) is 0.379. The van der Waals surface area contributed by atoms with Crippen LogP contribution in [0.3, 0.4) is 0 Å². The lowest BCUT2D eigenvalue weighted by molar-refractivity contribution is 0.220. The number of nitrogens with zero attached hydrogens (tertiary/aromatic N) is 4. The first-order chi connectivity index (χ1) is 16.4. The second-order valence-electron chi connectivity index (χ2n) is 9.17. The fourth-order valence-electron chi connectivity index (χ4n) is 5.39. The molecule has 0 bridgehead atoms. The molecule has 1 fully saturated rings. The predicted octanol–water partition coefficient (Wildman–Crippen LogP) is 6.40. The zero-order valence-corrected chi connectivity index (χ0v) is 20.5. The molecular weight excluding hydrogens is 423 g/mol. The maximum Gasteiger partial charge on any atom is 0.138 e. The topological polar surface area (TPSA) is 31.2 Å². The number of rotatable bonds is 6. The molecule has 1 aliphatic heterocycles. The minimum absolute atomic E-state index is 0.382. The Morgan fingerprint density at radius 2 is 1.74 bits per heavy atom. The van der Waals surface area contributed by atoms with Crippen molar-refractivity contribution in [1.29, 1.82) is 0 Å². The van der Waals surface area contributed by atoms with Crippen LogP contribution < -0.4 is 0 Å². The van der Waals surface area contributed by atoms with Gasteiger partial charge in [0.25, 0.3) is 0 Å². The van der Waals surface area contributed by atoms with E-state index in [1.165, 1.54) is 27.5 Å². The molecule has 0 amide bonds. The van der Waals surface area contributed by atoms with Crippen molar-refractivity contribution in [2.75, 3.05) is 32.7 Å². The van der Waals surface area contributed by atoms with E-state index >= 15 is 0 Å². The van der Waals surface area contributed by atoms with Crippen molar-refractivity contribution in [1.82, 2.24) is 9.80 Å². The van der Waals surface area contributed by atoms with Crippen molar-refractivity contribution >= 4 is 23.3 Å². The van der Waals surface area contributed by atoms with Gasteiger partial charge in [-0.2, -0.15) is 0 Å². The van der Waals surface area contributed by atoms with E-state index in [0.29, 0.717) is 31.2 Å². The summed E-state index contributed by atoms with van der Waals surface area (Å²) < 4.78 is 13.5. The smallest absolute Gasteiger partial charge is 0.138 e. The van der Waals surface area contributed by atoms with Crippen molar-refractivity contribution in [3.05, 3.63) is 83.5 Å². The number of amidine groups is 1. The van der Waals surface area contributed by atoms with Crippen molar-refractivity contribution in [2.24, 2.45) is 9.98 Å². The lowest BCUT2D eigenvalue weighted by atomic mass is 9.80. The summed E-state index contributed by atoms with van der Waals surface area (Å²) in [5.74, 6) is 0.980. The molecule has 0 N–H and O–H groups in total. The van der Waals surface area contributed by atoms with Gasteiger partial charge in [-0.05, 0) is 67.6 Å². The highest BCUT2D eigenvalue weighted by Crippen LogP contribution is 2.41. The van der Waals surface area contributed by atoms with Gasteiger partial charge in [0.15, 0.2) is 0 Å². The van der Waals surface area contributed by atoms with E-state index in [9.17, 15) is 4.39 Å². The molecule has 1 saturated heterocycles. The number of aliphatic imine (C=N–C) groups is 2. The van der Waals surface area contributed by atoms with Gasteiger partial charge < -0.3 is 9.80 Å². The minimum Gasteiger partial charge on any atom is -0.366 e. The van der Waals surface area contributed by atoms with Crippen LogP contribution in [-0.2, 0) is 0 Å². The summed E-state index contributed by atoms with van der Waals surface area (Å²) in [5.41, 5.74) is 5.38. The summed E-state index contributed by atoms with van der Waals surface area (Å²) in [4.78, 5) is 13.7. The quantitative estimate of drug-likeness (QED) is 0.285. The number of aryl methyl sites for hydroxylation is 1. The normalized spacial score (nSPS) is 19.5. The fourth-order valence-corrected chi connectivity index (χ4v) is 5.39. The highest BCUT2D eigenvalue weighted by molar-refractivity contribution is 5.99. The van der Waals surface area contributed by atoms with E-state index in [1.54, 1.807) is 0 Å². The molecule has 1 atom stereocenters. The first-order valence-electron chi connectivity index (χ1n) is 12.2. The van der Waals surface area contributed by atoms with Crippen molar-refractivity contribution in [2.45, 2.75) is 39.0 Å². The van der Waals surface area contributed by atoms with Crippen molar-refractivity contribution in [3.63, 3.8) is 0 Å². The first kappa shape index (κ1) is 23.9. The van der Waals surface area contributed by atoms with Crippen molar-refractivity contribution < 1.29 is 4.39 Å². The van der Waals surface area contributed by atoms with E-state index < -0.39 is 5.83 Å². The lowest BCUT2D eigenvalue weighted by Gasteiger charge is -2.39. The van der Waals surface area contributed by atoms with Crippen molar-refractivity contribution in [3.8, 4) is 0 Å². The van der Waals surface area contributed by atoms with Gasteiger partial charge in [-0.15, -0.1) is 0 Å². The number of fused-ring (bicyclic) bond motifs is 1. The van der Waals surface area contributed by atoms with Gasteiger partial charge in [-0.3, -0.25) is 9.98 Å². The predicted molar refractivity (Wildman–Crippen MR) is 142 cm³/mol. The van der Waals surface area contributed by atoms with Crippen LogP contribution >= 0.6 is 0 Å². The Hall–Kier alpha value is -3.21. The molecule has 5 heteroatoms. The molecule has 0 radical (unpaired) electrons. The van der Waals surface area contributed by atoms with Gasteiger partial charge in [0.1, 0.15) is 11.7 Å². The number of benzene rings is 2. The van der Waals surface area contributed by atoms with Crippen LogP contribution in [0.4, 0.5) is 4.39 Å². The molecule has 4 rings (SSSR count). The molecule has 0 saturated carbocycles. The third-order valence-electron chi connectivity index (χ3n) is 7.16. The highest BCUT2D eigenvalue weighted by Gasteiger charge is 2.30. The number of hydrogen-bond donors (Lipinski definition) is 0. The van der Waals surface area contributed by atoms with E-state index in [0.717, 1.165) is 43.9 Å². The third kappa shape index (κ3) is 4.70. The summed E-state index contributed by atoms with van der Waals surface area (Å²) in [6, 6.07) is 13.2. The minimum atomic E-state index is -0.459. The third-order valence-corrected chi connectivity index (χ3v) is 7.16. The molecule has 2 aliphatic rings. The summed E-state index contributed by atoms with van der Waals surface area (Å²) in [6.45, 7) is 19.1. The van der Waals surface area contributed by atoms with Gasteiger partial charge in [-0.25, -0.2) is 4.39 Å². The average Bonchev–Trinajstić information content (AvgIpc) is 2.86. The Morgan fingerprint density at radius 3 is 2.38 bits per heavy atom. The molecule has 178 valence electrons. The zero-order valence-electron chi connectivity index (χ0n) is 20.5. The van der Waals surface area contributed by atoms with Crippen LogP contribution in [0.5, 0.6) is 0 Å². The monoisotopic (exact) mass is 458 g/mol. The first-order valence-corrected chi connectivity index (χ1v) is 12.2.